The molecular formula is C31H42FIN6O6S. The van der Waals surface area contributed by atoms with Crippen LogP contribution in [0.2, 0.25) is 0 Å². The topological polar surface area (TPSA) is 142 Å². The lowest BCUT2D eigenvalue weighted by molar-refractivity contribution is -0.129. The van der Waals surface area contributed by atoms with Gasteiger partial charge in [-0.25, -0.2) is 13.8 Å². The second-order valence-electron chi connectivity index (χ2n) is 11.4. The first-order valence-electron chi connectivity index (χ1n) is 14.9. The fourth-order valence-electron chi connectivity index (χ4n) is 5.51. The van der Waals surface area contributed by atoms with Crippen LogP contribution in [-0.4, -0.2) is 68.6 Å². The van der Waals surface area contributed by atoms with E-state index in [1.807, 2.05) is 0 Å². The molecule has 0 unspecified atom stereocenters. The molecule has 4 aromatic rings. The summed E-state index contributed by atoms with van der Waals surface area (Å²) in [5.41, 5.74) is -1.43. The van der Waals surface area contributed by atoms with Crippen molar-refractivity contribution in [1.29, 1.82) is 0 Å². The average molecular weight is 773 g/mol. The van der Waals surface area contributed by atoms with E-state index in [0.717, 1.165) is 36.7 Å². The third-order valence-corrected chi connectivity index (χ3v) is 9.27. The first-order valence-corrected chi connectivity index (χ1v) is 15.8. The van der Waals surface area contributed by atoms with Gasteiger partial charge in [0.25, 0.3) is 5.56 Å². The van der Waals surface area contributed by atoms with Gasteiger partial charge in [-0.2, -0.15) is 10.2 Å². The highest BCUT2D eigenvalue weighted by atomic mass is 127. The Labute approximate surface area is 287 Å². The predicted octanol–water partition coefficient (Wildman–Crippen LogP) is 3.93. The number of aromatic nitrogens is 5. The summed E-state index contributed by atoms with van der Waals surface area (Å²) >= 11 is 1.22. The highest BCUT2D eigenvalue weighted by molar-refractivity contribution is 14.0. The third kappa shape index (κ3) is 8.04. The largest absolute Gasteiger partial charge is 0.496 e. The molecule has 1 amide bonds. The van der Waals surface area contributed by atoms with E-state index in [2.05, 4.69) is 20.3 Å². The summed E-state index contributed by atoms with van der Waals surface area (Å²) in [4.78, 5) is 43.5. The van der Waals surface area contributed by atoms with Gasteiger partial charge in [-0.05, 0) is 63.8 Å². The highest BCUT2D eigenvalue weighted by Gasteiger charge is 2.36. The van der Waals surface area contributed by atoms with Crippen molar-refractivity contribution in [1.82, 2.24) is 29.4 Å². The van der Waals surface area contributed by atoms with Crippen LogP contribution in [0.15, 0.2) is 40.2 Å². The van der Waals surface area contributed by atoms with Crippen LogP contribution in [0.4, 0.5) is 4.39 Å². The van der Waals surface area contributed by atoms with Crippen LogP contribution in [0.1, 0.15) is 57.1 Å². The Morgan fingerprint density at radius 1 is 1.15 bits per heavy atom. The Balaban J connectivity index is 0.000000892. The second kappa shape index (κ2) is 16.6. The van der Waals surface area contributed by atoms with Crippen LogP contribution in [0.5, 0.6) is 5.75 Å². The standard InChI is InChI=1S/C28H33FN6O4S.C3H8O2.HI/c1-17-22-23(36)34(28(2,3)26(37)32-20-8-6-5-7-9-20)27(38)33(25(22)40-24(17)35-30-13-14-31-35)15-12-18-16-19(29)10-11-21(18)39-4;1-5-3-2-4;/h10-11,13-14,16,20H,5-9,12,15H2,1-4H3,(H,32,37);4H,2-3H2,1H3;1H. The predicted molar refractivity (Wildman–Crippen MR) is 185 cm³/mol. The molecule has 1 aromatic carbocycles. The van der Waals surface area contributed by atoms with Gasteiger partial charge in [-0.15, -0.1) is 28.8 Å². The zero-order valence-electron chi connectivity index (χ0n) is 26.7. The van der Waals surface area contributed by atoms with Gasteiger partial charge in [-0.1, -0.05) is 30.6 Å². The molecule has 0 bridgehead atoms. The summed E-state index contributed by atoms with van der Waals surface area (Å²) in [5.74, 6) is -0.300. The van der Waals surface area contributed by atoms with Crippen LogP contribution in [0.25, 0.3) is 15.2 Å². The van der Waals surface area contributed by atoms with Gasteiger partial charge in [0.15, 0.2) is 0 Å². The van der Waals surface area contributed by atoms with E-state index in [-0.39, 0.29) is 55.5 Å². The summed E-state index contributed by atoms with van der Waals surface area (Å²) in [7, 11) is 3.05. The molecule has 3 aromatic heterocycles. The first kappa shape index (κ1) is 37.3. The molecular weight excluding hydrogens is 730 g/mol. The van der Waals surface area contributed by atoms with Crippen LogP contribution < -0.4 is 21.3 Å². The summed E-state index contributed by atoms with van der Waals surface area (Å²) in [6.45, 7) is 5.66. The van der Waals surface area contributed by atoms with Crippen molar-refractivity contribution in [2.75, 3.05) is 27.4 Å². The lowest BCUT2D eigenvalue weighted by atomic mass is 9.94. The van der Waals surface area contributed by atoms with Gasteiger partial charge < -0.3 is 19.9 Å². The highest BCUT2D eigenvalue weighted by Crippen LogP contribution is 2.31. The Kier molecular flexibility index (Phi) is 13.5. The van der Waals surface area contributed by atoms with Crippen LogP contribution in [0.3, 0.4) is 0 Å². The van der Waals surface area contributed by atoms with Gasteiger partial charge in [-0.3, -0.25) is 14.2 Å². The summed E-state index contributed by atoms with van der Waals surface area (Å²) in [6.07, 6.45) is 8.28. The molecule has 3 heterocycles. The van der Waals surface area contributed by atoms with Crippen molar-refractivity contribution >= 4 is 51.4 Å². The minimum atomic E-state index is -1.46. The van der Waals surface area contributed by atoms with Crippen molar-refractivity contribution in [3.63, 3.8) is 0 Å². The minimum Gasteiger partial charge on any atom is -0.496 e. The molecule has 2 N–H and O–H groups in total. The number of nitrogens with zero attached hydrogens (tertiary/aromatic N) is 5. The number of nitrogens with one attached hydrogen (secondary N) is 1. The van der Waals surface area contributed by atoms with E-state index in [0.29, 0.717) is 38.7 Å². The number of hydrogen-bond donors (Lipinski definition) is 2. The zero-order chi connectivity index (χ0) is 32.7. The number of aliphatic hydroxyl groups excluding tert-OH is 1. The number of amides is 1. The number of hydrogen-bond acceptors (Lipinski definition) is 9. The maximum atomic E-state index is 14.1. The fourth-order valence-corrected chi connectivity index (χ4v) is 6.75. The van der Waals surface area contributed by atoms with Crippen LogP contribution in [-0.2, 0) is 28.0 Å². The number of halogens is 2. The van der Waals surface area contributed by atoms with Gasteiger partial charge in [0.2, 0.25) is 5.91 Å². The average Bonchev–Trinajstić information content (AvgIpc) is 3.66. The Morgan fingerprint density at radius 2 is 1.83 bits per heavy atom. The van der Waals surface area contributed by atoms with E-state index in [9.17, 15) is 18.8 Å². The normalized spacial score (nSPS) is 13.5. The smallest absolute Gasteiger partial charge is 0.333 e. The second-order valence-corrected chi connectivity index (χ2v) is 12.4. The molecule has 0 aliphatic heterocycles. The number of carbonyl (C=O) groups is 1. The Hall–Kier alpha value is -3.15. The number of carbonyl (C=O) groups excluding carboxylic acids is 1. The van der Waals surface area contributed by atoms with E-state index in [1.165, 1.54) is 52.3 Å². The molecule has 12 nitrogen and oxygen atoms in total. The number of fused-ring (bicyclic) bond motifs is 1. The monoisotopic (exact) mass is 772 g/mol. The van der Waals surface area contributed by atoms with Gasteiger partial charge in [0.1, 0.15) is 26.9 Å². The number of thiophene rings is 1. The molecule has 0 spiro atoms. The van der Waals surface area contributed by atoms with Gasteiger partial charge in [0, 0.05) is 25.3 Å². The zero-order valence-corrected chi connectivity index (χ0v) is 29.9. The lowest BCUT2D eigenvalue weighted by Crippen LogP contribution is -2.57. The SMILES string of the molecule is COCCO.COc1ccc(F)cc1CCn1c(=O)n(C(C)(C)C(=O)NC2CCCCC2)c(=O)c2c(C)c(-n3nccn3)sc21.I. The molecule has 46 heavy (non-hydrogen) atoms. The summed E-state index contributed by atoms with van der Waals surface area (Å²) < 4.78 is 26.5. The Morgan fingerprint density at radius 3 is 2.41 bits per heavy atom. The van der Waals surface area contributed by atoms with Crippen molar-refractivity contribution in [3.8, 4) is 10.8 Å². The van der Waals surface area contributed by atoms with Gasteiger partial charge >= 0.3 is 5.69 Å². The third-order valence-electron chi connectivity index (χ3n) is 7.99. The fraction of sp³-hybridized carbons (Fsp3) is 0.516. The Bertz CT molecular complexity index is 1730. The molecule has 0 radical (unpaired) electrons. The molecule has 252 valence electrons. The van der Waals surface area contributed by atoms with E-state index < -0.39 is 22.6 Å². The molecule has 5 rings (SSSR count). The molecule has 0 atom stereocenters. The maximum absolute atomic E-state index is 14.1. The number of aliphatic hydroxyl groups is 1. The van der Waals surface area contributed by atoms with Crippen LogP contribution in [0, 0.1) is 12.7 Å². The van der Waals surface area contributed by atoms with Crippen molar-refractivity contribution in [2.24, 2.45) is 0 Å². The molecule has 1 aliphatic carbocycles. The molecule has 1 saturated carbocycles. The number of methoxy groups -OCH3 is 2. The van der Waals surface area contributed by atoms with Gasteiger partial charge in [0.05, 0.1) is 38.1 Å². The summed E-state index contributed by atoms with van der Waals surface area (Å²) in [6, 6.07) is 4.24. The quantitative estimate of drug-likeness (QED) is 0.231. The van der Waals surface area contributed by atoms with E-state index in [4.69, 9.17) is 9.84 Å². The minimum absolute atomic E-state index is 0. The van der Waals surface area contributed by atoms with Crippen molar-refractivity contribution < 1.29 is 23.8 Å². The van der Waals surface area contributed by atoms with Crippen LogP contribution >= 0.6 is 35.3 Å². The molecule has 15 heteroatoms. The molecule has 0 saturated heterocycles. The first-order chi connectivity index (χ1) is 21.5. The number of ether oxygens (including phenoxy) is 2. The molecule has 1 aliphatic rings. The maximum Gasteiger partial charge on any atom is 0.333 e. The number of rotatable bonds is 10. The lowest BCUT2D eigenvalue weighted by Gasteiger charge is -2.30. The van der Waals surface area contributed by atoms with Crippen molar-refractivity contribution in [3.05, 3.63) is 68.4 Å². The van der Waals surface area contributed by atoms with E-state index in [1.54, 1.807) is 33.9 Å². The molecule has 1 fully saturated rings. The summed E-state index contributed by atoms with van der Waals surface area (Å²) in [5, 5.41) is 20.4. The van der Waals surface area contributed by atoms with E-state index >= 15 is 0 Å². The number of benzene rings is 1. The number of aryl methyl sites for hydroxylation is 3. The van der Waals surface area contributed by atoms with Crippen molar-refractivity contribution in [2.45, 2.75) is 77.4 Å².